The molecule has 1 saturated carbocycles. The molecule has 0 radical (unpaired) electrons. The van der Waals surface area contributed by atoms with Gasteiger partial charge in [0.2, 0.25) is 5.91 Å². The Kier molecular flexibility index (Phi) is 4.38. The third kappa shape index (κ3) is 3.31. The van der Waals surface area contributed by atoms with E-state index < -0.39 is 0 Å². The molecule has 1 fully saturated rings. The van der Waals surface area contributed by atoms with Crippen LogP contribution in [0.4, 0.5) is 4.39 Å². The summed E-state index contributed by atoms with van der Waals surface area (Å²) in [6.45, 7) is 2.66. The average molecular weight is 314 g/mol. The molecule has 0 aromatic heterocycles. The van der Waals surface area contributed by atoms with Gasteiger partial charge in [0.1, 0.15) is 5.82 Å². The molecule has 0 aliphatic heterocycles. The minimum atomic E-state index is -0.243. The summed E-state index contributed by atoms with van der Waals surface area (Å²) in [4.78, 5) is 13.9. The Morgan fingerprint density at radius 1 is 1.44 bits per heavy atom. The van der Waals surface area contributed by atoms with Crippen LogP contribution in [0.1, 0.15) is 25.3 Å². The van der Waals surface area contributed by atoms with Crippen molar-refractivity contribution >= 4 is 21.8 Å². The van der Waals surface area contributed by atoms with Gasteiger partial charge in [0.05, 0.1) is 5.33 Å². The molecule has 0 heterocycles. The Balaban J connectivity index is 2.08. The summed E-state index contributed by atoms with van der Waals surface area (Å²) in [5.41, 5.74) is 0.971. The van der Waals surface area contributed by atoms with E-state index in [2.05, 4.69) is 22.9 Å². The van der Waals surface area contributed by atoms with Crippen molar-refractivity contribution in [3.63, 3.8) is 0 Å². The van der Waals surface area contributed by atoms with Gasteiger partial charge in [-0.1, -0.05) is 28.1 Å². The number of benzene rings is 1. The van der Waals surface area contributed by atoms with Crippen molar-refractivity contribution in [3.05, 3.63) is 35.6 Å². The van der Waals surface area contributed by atoms with Gasteiger partial charge < -0.3 is 4.90 Å². The summed E-state index contributed by atoms with van der Waals surface area (Å²) in [5.74, 6) is 0.486. The fourth-order valence-corrected chi connectivity index (χ4v) is 2.48. The number of nitrogens with zero attached hydrogens (tertiary/aromatic N) is 1. The van der Waals surface area contributed by atoms with Crippen molar-refractivity contribution in [1.82, 2.24) is 4.90 Å². The molecule has 0 N–H and O–H groups in total. The summed E-state index contributed by atoms with van der Waals surface area (Å²) < 4.78 is 12.9. The highest BCUT2D eigenvalue weighted by Crippen LogP contribution is 2.35. The highest BCUT2D eigenvalue weighted by molar-refractivity contribution is 9.09. The number of halogens is 2. The van der Waals surface area contributed by atoms with E-state index >= 15 is 0 Å². The summed E-state index contributed by atoms with van der Waals surface area (Å²) in [6.07, 6.45) is 2.41. The van der Waals surface area contributed by atoms with Crippen molar-refractivity contribution < 1.29 is 9.18 Å². The van der Waals surface area contributed by atoms with E-state index in [1.54, 1.807) is 12.1 Å². The van der Waals surface area contributed by atoms with Crippen LogP contribution in [0.3, 0.4) is 0 Å². The first-order chi connectivity index (χ1) is 8.61. The molecule has 1 aromatic carbocycles. The zero-order valence-electron chi connectivity index (χ0n) is 10.4. The maximum absolute atomic E-state index is 12.9. The summed E-state index contributed by atoms with van der Waals surface area (Å²) in [6, 6.07) is 6.62. The summed E-state index contributed by atoms with van der Waals surface area (Å²) in [7, 11) is 0. The molecule has 2 nitrogen and oxygen atoms in total. The first-order valence-electron chi connectivity index (χ1n) is 6.21. The molecule has 1 amide bonds. The number of carbonyl (C=O) groups is 1. The van der Waals surface area contributed by atoms with Crippen LogP contribution in [0.25, 0.3) is 0 Å². The second-order valence-corrected chi connectivity index (χ2v) is 5.42. The van der Waals surface area contributed by atoms with E-state index in [1.807, 2.05) is 4.90 Å². The van der Waals surface area contributed by atoms with Gasteiger partial charge in [-0.3, -0.25) is 4.79 Å². The molecule has 0 spiro atoms. The number of carbonyl (C=O) groups excluding carboxylic acids is 1. The van der Waals surface area contributed by atoms with Gasteiger partial charge in [-0.15, -0.1) is 0 Å². The molecule has 98 valence electrons. The van der Waals surface area contributed by atoms with Crippen LogP contribution < -0.4 is 0 Å². The van der Waals surface area contributed by atoms with Gasteiger partial charge in [-0.2, -0.15) is 0 Å². The highest BCUT2D eigenvalue weighted by atomic mass is 79.9. The maximum atomic E-state index is 12.9. The zero-order valence-corrected chi connectivity index (χ0v) is 12.0. The molecular formula is C14H17BrFNO. The SMILES string of the molecule is CC(C1CC1)N(Cc1ccc(F)cc1)C(=O)CBr. The molecule has 1 atom stereocenters. The Labute approximate surface area is 115 Å². The predicted molar refractivity (Wildman–Crippen MR) is 72.9 cm³/mol. The lowest BCUT2D eigenvalue weighted by atomic mass is 10.1. The molecule has 18 heavy (non-hydrogen) atoms. The van der Waals surface area contributed by atoms with Gasteiger partial charge in [0.25, 0.3) is 0 Å². The Bertz CT molecular complexity index is 416. The van der Waals surface area contributed by atoms with Crippen molar-refractivity contribution in [2.24, 2.45) is 5.92 Å². The van der Waals surface area contributed by atoms with Gasteiger partial charge in [0.15, 0.2) is 0 Å². The first-order valence-corrected chi connectivity index (χ1v) is 7.34. The lowest BCUT2D eigenvalue weighted by Gasteiger charge is -2.29. The summed E-state index contributed by atoms with van der Waals surface area (Å²) in [5, 5.41) is 0.339. The molecule has 1 aliphatic carbocycles. The third-order valence-corrected chi connectivity index (χ3v) is 3.98. The topological polar surface area (TPSA) is 20.3 Å². The van der Waals surface area contributed by atoms with Crippen molar-refractivity contribution in [1.29, 1.82) is 0 Å². The number of hydrogen-bond acceptors (Lipinski definition) is 1. The quantitative estimate of drug-likeness (QED) is 0.763. The Morgan fingerprint density at radius 3 is 2.56 bits per heavy atom. The minimum absolute atomic E-state index is 0.0960. The van der Waals surface area contributed by atoms with E-state index in [4.69, 9.17) is 0 Å². The second-order valence-electron chi connectivity index (χ2n) is 4.86. The van der Waals surface area contributed by atoms with Gasteiger partial charge in [-0.25, -0.2) is 4.39 Å². The maximum Gasteiger partial charge on any atom is 0.233 e. The molecule has 0 saturated heterocycles. The normalized spacial score (nSPS) is 16.4. The third-order valence-electron chi connectivity index (χ3n) is 3.50. The van der Waals surface area contributed by atoms with Crippen LogP contribution in [0.15, 0.2) is 24.3 Å². The summed E-state index contributed by atoms with van der Waals surface area (Å²) >= 11 is 3.23. The molecule has 0 bridgehead atoms. The fraction of sp³-hybridized carbons (Fsp3) is 0.500. The lowest BCUT2D eigenvalue weighted by Crippen LogP contribution is -2.40. The van der Waals surface area contributed by atoms with Gasteiger partial charge in [-0.05, 0) is 43.4 Å². The van der Waals surface area contributed by atoms with Crippen LogP contribution in [0.2, 0.25) is 0 Å². The van der Waals surface area contributed by atoms with Crippen molar-refractivity contribution in [2.45, 2.75) is 32.4 Å². The number of rotatable bonds is 5. The van der Waals surface area contributed by atoms with E-state index in [-0.39, 0.29) is 17.8 Å². The smallest absolute Gasteiger partial charge is 0.233 e. The monoisotopic (exact) mass is 313 g/mol. The largest absolute Gasteiger partial charge is 0.335 e. The molecule has 4 heteroatoms. The van der Waals surface area contributed by atoms with E-state index in [0.717, 1.165) is 5.56 Å². The van der Waals surface area contributed by atoms with E-state index in [9.17, 15) is 9.18 Å². The molecule has 2 rings (SSSR count). The van der Waals surface area contributed by atoms with Crippen LogP contribution in [-0.2, 0) is 11.3 Å². The fourth-order valence-electron chi connectivity index (χ4n) is 2.16. The average Bonchev–Trinajstić information content (AvgIpc) is 3.20. The number of hydrogen-bond donors (Lipinski definition) is 0. The molecule has 1 aromatic rings. The van der Waals surface area contributed by atoms with Gasteiger partial charge >= 0.3 is 0 Å². The molecule has 1 unspecified atom stereocenters. The highest BCUT2D eigenvalue weighted by Gasteiger charge is 2.33. The van der Waals surface area contributed by atoms with Crippen molar-refractivity contribution in [2.75, 3.05) is 5.33 Å². The van der Waals surface area contributed by atoms with Crippen LogP contribution in [0.5, 0.6) is 0 Å². The van der Waals surface area contributed by atoms with E-state index in [1.165, 1.54) is 25.0 Å². The lowest BCUT2D eigenvalue weighted by molar-refractivity contribution is -0.131. The second kappa shape index (κ2) is 5.83. The molecule has 1 aliphatic rings. The number of alkyl halides is 1. The standard InChI is InChI=1S/C14H17BrFNO/c1-10(12-4-5-12)17(14(18)8-15)9-11-2-6-13(16)7-3-11/h2-3,6-7,10,12H,4-5,8-9H2,1H3. The van der Waals surface area contributed by atoms with Crippen LogP contribution >= 0.6 is 15.9 Å². The molecular weight excluding hydrogens is 297 g/mol. The first kappa shape index (κ1) is 13.5. The van der Waals surface area contributed by atoms with Crippen LogP contribution in [0, 0.1) is 11.7 Å². The predicted octanol–water partition coefficient (Wildman–Crippen LogP) is 3.35. The van der Waals surface area contributed by atoms with Gasteiger partial charge in [0, 0.05) is 12.6 Å². The Morgan fingerprint density at radius 2 is 2.06 bits per heavy atom. The number of amides is 1. The van der Waals surface area contributed by atoms with E-state index in [0.29, 0.717) is 17.8 Å². The Hall–Kier alpha value is -0.900. The van der Waals surface area contributed by atoms with Crippen LogP contribution in [-0.4, -0.2) is 22.2 Å². The van der Waals surface area contributed by atoms with Crippen molar-refractivity contribution in [3.8, 4) is 0 Å². The minimum Gasteiger partial charge on any atom is -0.335 e. The zero-order chi connectivity index (χ0) is 13.1.